The number of hydrogen-bond donors (Lipinski definition) is 1. The van der Waals surface area contributed by atoms with Crippen molar-refractivity contribution in [2.75, 3.05) is 0 Å². The van der Waals surface area contributed by atoms with Gasteiger partial charge in [0.2, 0.25) is 0 Å². The van der Waals surface area contributed by atoms with Gasteiger partial charge in [0.25, 0.3) is 0 Å². The minimum Gasteiger partial charge on any atom is -0.512 e. The van der Waals surface area contributed by atoms with E-state index in [1.165, 1.54) is 58.1 Å². The third kappa shape index (κ3) is 9.53. The second-order valence-electron chi connectivity index (χ2n) is 16.9. The van der Waals surface area contributed by atoms with Crippen LogP contribution in [-0.4, -0.2) is 15.9 Å². The first-order chi connectivity index (χ1) is 25.5. The number of aliphatic hydroxyl groups is 1. The molecule has 0 atom stereocenters. The number of carbonyl (C=O) groups is 1. The molecule has 0 fully saturated rings. The molecule has 1 radical (unpaired) electrons. The quantitative estimate of drug-likeness (QED) is 0.0800. The van der Waals surface area contributed by atoms with Crippen LogP contribution in [0.5, 0.6) is 0 Å². The van der Waals surface area contributed by atoms with E-state index in [-0.39, 0.29) is 47.9 Å². The summed E-state index contributed by atoms with van der Waals surface area (Å²) in [5, 5.41) is 15.2. The van der Waals surface area contributed by atoms with E-state index in [4.69, 9.17) is 4.98 Å². The zero-order valence-corrected chi connectivity index (χ0v) is 39.0. The number of thiophene rings is 2. The van der Waals surface area contributed by atoms with Crippen molar-refractivity contribution in [3.8, 4) is 21.7 Å². The Balaban J connectivity index is 0.000000320. The van der Waals surface area contributed by atoms with E-state index in [0.29, 0.717) is 5.92 Å². The number of aryl methyl sites for hydroxylation is 1. The molecule has 0 aliphatic carbocycles. The van der Waals surface area contributed by atoms with Crippen LogP contribution in [0.2, 0.25) is 0 Å². The average Bonchev–Trinajstić information content (AvgIpc) is 3.73. The summed E-state index contributed by atoms with van der Waals surface area (Å²) in [6, 6.07) is 26.1. The summed E-state index contributed by atoms with van der Waals surface area (Å²) >= 11 is 3.78. The normalized spacial score (nSPS) is 12.6. The number of carbonyl (C=O) groups excluding carboxylic acids is 1. The largest absolute Gasteiger partial charge is 0.512 e. The van der Waals surface area contributed by atoms with Crippen LogP contribution in [0.15, 0.2) is 78.7 Å². The first-order valence-electron chi connectivity index (χ1n) is 19.8. The molecule has 0 unspecified atom stereocenters. The van der Waals surface area contributed by atoms with Crippen LogP contribution in [0.1, 0.15) is 118 Å². The molecule has 3 aromatic carbocycles. The Hall–Kier alpha value is -3.15. The average molecular weight is 951 g/mol. The molecule has 0 saturated heterocycles. The molecule has 0 spiro atoms. The zero-order chi connectivity index (χ0) is 39.6. The fourth-order valence-corrected chi connectivity index (χ4v) is 9.20. The monoisotopic (exact) mass is 951 g/mol. The third-order valence-electron chi connectivity index (χ3n) is 11.8. The van der Waals surface area contributed by atoms with Gasteiger partial charge in [0.05, 0.1) is 0 Å². The zero-order valence-electron chi connectivity index (χ0n) is 35.0. The van der Waals surface area contributed by atoms with E-state index in [9.17, 15) is 9.90 Å². The number of nitrogens with zero attached hydrogens (tertiary/aromatic N) is 1. The van der Waals surface area contributed by atoms with Crippen molar-refractivity contribution in [1.29, 1.82) is 0 Å². The number of ketones is 1. The second-order valence-corrected chi connectivity index (χ2v) is 19.3. The Labute approximate surface area is 352 Å². The Kier molecular flexibility index (Phi) is 14.6. The number of benzene rings is 3. The van der Waals surface area contributed by atoms with Crippen molar-refractivity contribution in [3.63, 3.8) is 0 Å². The minimum absolute atomic E-state index is 0. The first-order valence-corrected chi connectivity index (χ1v) is 21.4. The van der Waals surface area contributed by atoms with Crippen LogP contribution in [0.3, 0.4) is 0 Å². The van der Waals surface area contributed by atoms with Crippen LogP contribution in [0.25, 0.3) is 52.6 Å². The van der Waals surface area contributed by atoms with Gasteiger partial charge in [-0.25, -0.2) is 0 Å². The molecule has 3 aromatic heterocycles. The summed E-state index contributed by atoms with van der Waals surface area (Å²) in [4.78, 5) is 19.8. The van der Waals surface area contributed by atoms with Gasteiger partial charge in [-0.2, -0.15) is 0 Å². The smallest absolute Gasteiger partial charge is 0.164 e. The number of fused-ring (bicyclic) bond motifs is 3. The molecule has 0 amide bonds. The molecule has 55 heavy (non-hydrogen) atoms. The molecule has 1 N–H and O–H groups in total. The molecule has 6 heteroatoms. The summed E-state index contributed by atoms with van der Waals surface area (Å²) in [5.41, 5.74) is 5.65. The summed E-state index contributed by atoms with van der Waals surface area (Å²) in [6.07, 6.45) is 7.83. The predicted octanol–water partition coefficient (Wildman–Crippen LogP) is 15.3. The molecule has 3 heterocycles. The van der Waals surface area contributed by atoms with E-state index in [2.05, 4.69) is 108 Å². The number of allylic oxidation sites excluding steroid dienone is 2. The molecule has 0 aliphatic heterocycles. The summed E-state index contributed by atoms with van der Waals surface area (Å²) in [6.45, 7) is 25.8. The number of hydrogen-bond acceptors (Lipinski definition) is 5. The first kappa shape index (κ1) is 44.6. The topological polar surface area (TPSA) is 50.2 Å². The number of rotatable bonds is 11. The molecule has 3 nitrogen and oxygen atoms in total. The number of pyridine rings is 1. The third-order valence-corrected chi connectivity index (χ3v) is 14.1. The molecule has 6 aromatic rings. The van der Waals surface area contributed by atoms with Crippen molar-refractivity contribution in [2.45, 2.75) is 121 Å². The van der Waals surface area contributed by atoms with E-state index >= 15 is 0 Å². The molecular formula is C49H60IrNO2S2-. The van der Waals surface area contributed by atoms with Gasteiger partial charge < -0.3 is 5.11 Å². The Bertz CT molecular complexity index is 2290. The van der Waals surface area contributed by atoms with Gasteiger partial charge in [0, 0.05) is 68.1 Å². The minimum atomic E-state index is -0.337. The van der Waals surface area contributed by atoms with Gasteiger partial charge in [0.1, 0.15) is 5.76 Å². The fourth-order valence-electron chi connectivity index (χ4n) is 7.07. The molecule has 0 bridgehead atoms. The van der Waals surface area contributed by atoms with Crippen LogP contribution in [-0.2, 0) is 36.7 Å². The molecule has 295 valence electrons. The maximum atomic E-state index is 12.2. The fraction of sp³-hybridized carbons (Fsp3) is 0.429. The van der Waals surface area contributed by atoms with Gasteiger partial charge in [-0.1, -0.05) is 111 Å². The maximum Gasteiger partial charge on any atom is 0.164 e. The van der Waals surface area contributed by atoms with Crippen LogP contribution in [0, 0.1) is 29.7 Å². The molecular weight excluding hydrogens is 891 g/mol. The Morgan fingerprint density at radius 2 is 1.45 bits per heavy atom. The van der Waals surface area contributed by atoms with E-state index in [0.717, 1.165) is 48.7 Å². The van der Waals surface area contributed by atoms with Crippen molar-refractivity contribution < 1.29 is 30.0 Å². The number of aliphatic hydroxyl groups excluding tert-OH is 1. The van der Waals surface area contributed by atoms with Crippen molar-refractivity contribution >= 4 is 59.4 Å². The molecule has 0 aliphatic rings. The number of aromatic nitrogens is 1. The van der Waals surface area contributed by atoms with E-state index < -0.39 is 0 Å². The van der Waals surface area contributed by atoms with Crippen molar-refractivity contribution in [2.24, 2.45) is 16.7 Å². The summed E-state index contributed by atoms with van der Waals surface area (Å²) < 4.78 is 2.66. The molecule has 0 saturated carbocycles. The van der Waals surface area contributed by atoms with E-state index in [1.54, 1.807) is 0 Å². The summed E-state index contributed by atoms with van der Waals surface area (Å²) in [5.74, 6) is 0.933. The van der Waals surface area contributed by atoms with Gasteiger partial charge in [-0.05, 0) is 96.5 Å². The molecule has 6 rings (SSSR count). The Morgan fingerprint density at radius 3 is 2.07 bits per heavy atom. The van der Waals surface area contributed by atoms with Crippen molar-refractivity contribution in [1.82, 2.24) is 4.98 Å². The predicted molar refractivity (Wildman–Crippen MR) is 237 cm³/mol. The van der Waals surface area contributed by atoms with Gasteiger partial charge in [-0.15, -0.1) is 51.8 Å². The van der Waals surface area contributed by atoms with Crippen molar-refractivity contribution in [3.05, 3.63) is 101 Å². The SMILES string of the molecule is CCC(C)(CC)C(=O)/C=C(\O)C(C)(CC)CC.Cc1sc2ccc(-c3cc4c(-c5[c-]c6ccccc6c(C(C)(C)C)c5)nccc4s3)cc2c1CC(C)C.[Ir]. The van der Waals surface area contributed by atoms with Gasteiger partial charge in [0.15, 0.2) is 5.78 Å². The Morgan fingerprint density at radius 1 is 0.818 bits per heavy atom. The second kappa shape index (κ2) is 18.0. The standard InChI is InChI=1S/C34H32NS2.C15H28O2.Ir/c1-20(2)15-26-21(3)36-30-12-11-23(17-27(26)30)32-19-28-31(37-32)13-14-35-33(28)24-16-22-9-7-8-10-25(22)29(18-24)34(4,5)6;1-7-14(5,8-2)12(16)11-13(17)15(6,9-3)10-4;/h7-14,17-20H,15H2,1-6H3;11,16H,7-10H2,1-6H3;/q-1;;/b;12-11-;. The van der Waals surface area contributed by atoms with Gasteiger partial charge in [-0.3, -0.25) is 9.78 Å². The van der Waals surface area contributed by atoms with Crippen LogP contribution >= 0.6 is 22.7 Å². The van der Waals surface area contributed by atoms with Gasteiger partial charge >= 0.3 is 0 Å². The van der Waals surface area contributed by atoms with Crippen LogP contribution in [0.4, 0.5) is 0 Å². The summed E-state index contributed by atoms with van der Waals surface area (Å²) in [7, 11) is 0. The van der Waals surface area contributed by atoms with Crippen LogP contribution < -0.4 is 0 Å². The maximum absolute atomic E-state index is 12.2. The van der Waals surface area contributed by atoms with E-state index in [1.807, 2.05) is 70.4 Å².